The first-order valence-electron chi connectivity index (χ1n) is 12.8. The minimum absolute atomic E-state index is 0.316. The van der Waals surface area contributed by atoms with Crippen LogP contribution in [0.1, 0.15) is 54.4 Å². The van der Waals surface area contributed by atoms with Crippen molar-refractivity contribution in [3.05, 3.63) is 64.7 Å². The molecule has 6 heteroatoms. The van der Waals surface area contributed by atoms with Gasteiger partial charge < -0.3 is 31.5 Å². The van der Waals surface area contributed by atoms with Gasteiger partial charge in [-0.25, -0.2) is 0 Å². The molecule has 0 aliphatic heterocycles. The lowest BCUT2D eigenvalue weighted by Crippen LogP contribution is -2.24. The number of hydrogen-bond donors (Lipinski definition) is 6. The highest BCUT2D eigenvalue weighted by Crippen LogP contribution is 2.29. The van der Waals surface area contributed by atoms with Crippen molar-refractivity contribution >= 4 is 6.08 Å². The predicted molar refractivity (Wildman–Crippen MR) is 141 cm³/mol. The molecule has 2 aromatic rings. The van der Waals surface area contributed by atoms with Gasteiger partial charge in [-0.05, 0) is 113 Å². The molecule has 0 atom stereocenters. The Kier molecular flexibility index (Phi) is 12.0. The molecule has 0 aromatic heterocycles. The number of hydrogen-bond acceptors (Lipinski definition) is 6. The van der Waals surface area contributed by atoms with Crippen molar-refractivity contribution in [2.75, 3.05) is 39.3 Å². The Balaban J connectivity index is 1.09. The van der Waals surface area contributed by atoms with Crippen LogP contribution in [-0.4, -0.2) is 49.5 Å². The van der Waals surface area contributed by atoms with Crippen molar-refractivity contribution in [1.82, 2.24) is 21.3 Å². The van der Waals surface area contributed by atoms with Gasteiger partial charge in [0.15, 0.2) is 0 Å². The number of fused-ring (bicyclic) bond motifs is 1. The molecular weight excluding hydrogens is 424 g/mol. The summed E-state index contributed by atoms with van der Waals surface area (Å²) in [5.74, 6) is 0.714. The van der Waals surface area contributed by atoms with Crippen LogP contribution >= 0.6 is 0 Å². The number of aromatic hydroxyl groups is 2. The molecular formula is C28H42N4O2. The van der Waals surface area contributed by atoms with Crippen molar-refractivity contribution in [2.45, 2.75) is 51.6 Å². The van der Waals surface area contributed by atoms with Gasteiger partial charge >= 0.3 is 0 Å². The molecule has 0 saturated carbocycles. The van der Waals surface area contributed by atoms with E-state index in [4.69, 9.17) is 0 Å². The topological polar surface area (TPSA) is 88.6 Å². The summed E-state index contributed by atoms with van der Waals surface area (Å²) in [6.07, 6.45) is 11.1. The van der Waals surface area contributed by atoms with E-state index >= 15 is 0 Å². The predicted octanol–water partition coefficient (Wildman–Crippen LogP) is 3.68. The molecule has 6 nitrogen and oxygen atoms in total. The van der Waals surface area contributed by atoms with E-state index in [2.05, 4.69) is 39.5 Å². The molecule has 2 aromatic carbocycles. The number of unbranched alkanes of at least 4 members (excludes halogenated alkanes) is 1. The molecule has 0 radical (unpaired) electrons. The van der Waals surface area contributed by atoms with Gasteiger partial charge in [-0.1, -0.05) is 30.4 Å². The number of phenols is 2. The lowest BCUT2D eigenvalue weighted by Gasteiger charge is -2.17. The maximum absolute atomic E-state index is 10.2. The third-order valence-electron chi connectivity index (χ3n) is 6.23. The first kappa shape index (κ1) is 26.2. The summed E-state index contributed by atoms with van der Waals surface area (Å²) in [5.41, 5.74) is 4.77. The first-order chi connectivity index (χ1) is 16.7. The second kappa shape index (κ2) is 15.5. The van der Waals surface area contributed by atoms with Crippen LogP contribution in [0.4, 0.5) is 0 Å². The van der Waals surface area contributed by atoms with Crippen LogP contribution in [0.3, 0.4) is 0 Å². The Labute approximate surface area is 204 Å². The van der Waals surface area contributed by atoms with Gasteiger partial charge in [-0.2, -0.15) is 0 Å². The molecule has 3 rings (SSSR count). The van der Waals surface area contributed by atoms with Gasteiger partial charge in [0.1, 0.15) is 11.5 Å². The van der Waals surface area contributed by atoms with E-state index in [1.807, 2.05) is 18.2 Å². The smallest absolute Gasteiger partial charge is 0.120 e. The lowest BCUT2D eigenvalue weighted by atomic mass is 9.92. The molecule has 186 valence electrons. The van der Waals surface area contributed by atoms with E-state index in [-0.39, 0.29) is 0 Å². The molecule has 0 heterocycles. The monoisotopic (exact) mass is 466 g/mol. The molecule has 0 bridgehead atoms. The van der Waals surface area contributed by atoms with Crippen molar-refractivity contribution in [2.24, 2.45) is 0 Å². The fourth-order valence-corrected chi connectivity index (χ4v) is 4.24. The van der Waals surface area contributed by atoms with Gasteiger partial charge in [-0.3, -0.25) is 0 Å². The zero-order chi connectivity index (χ0) is 23.8. The van der Waals surface area contributed by atoms with Gasteiger partial charge in [0.25, 0.3) is 0 Å². The Morgan fingerprint density at radius 1 is 0.647 bits per heavy atom. The number of aryl methyl sites for hydroxylation is 1. The summed E-state index contributed by atoms with van der Waals surface area (Å²) in [6.45, 7) is 7.69. The molecule has 6 N–H and O–H groups in total. The normalized spacial score (nSPS) is 12.7. The molecule has 0 saturated heterocycles. The van der Waals surface area contributed by atoms with E-state index < -0.39 is 0 Å². The standard InChI is InChI=1S/C28H42N4O2/c33-25-12-9-23(10-13-25)21-31-19-5-17-29-15-3-4-16-30-18-6-20-32-22-27-26-8-2-1-7-24(26)11-14-28(27)34/h2,8-14,29-34H,1,3-7,15-22H2. The summed E-state index contributed by atoms with van der Waals surface area (Å²) >= 11 is 0. The Hall–Kier alpha value is -2.38. The zero-order valence-corrected chi connectivity index (χ0v) is 20.4. The van der Waals surface area contributed by atoms with Crippen molar-refractivity contribution < 1.29 is 10.2 Å². The van der Waals surface area contributed by atoms with Crippen LogP contribution in [0.25, 0.3) is 6.08 Å². The van der Waals surface area contributed by atoms with E-state index in [1.165, 1.54) is 29.5 Å². The quantitative estimate of drug-likeness (QED) is 0.200. The third kappa shape index (κ3) is 9.47. The zero-order valence-electron chi connectivity index (χ0n) is 20.4. The second-order valence-corrected chi connectivity index (χ2v) is 9.01. The van der Waals surface area contributed by atoms with Crippen LogP contribution in [-0.2, 0) is 19.5 Å². The van der Waals surface area contributed by atoms with Gasteiger partial charge in [0, 0.05) is 18.7 Å². The molecule has 0 fully saturated rings. The highest BCUT2D eigenvalue weighted by atomic mass is 16.3. The largest absolute Gasteiger partial charge is 0.508 e. The maximum Gasteiger partial charge on any atom is 0.120 e. The Bertz CT molecular complexity index is 867. The van der Waals surface area contributed by atoms with Crippen molar-refractivity contribution in [3.63, 3.8) is 0 Å². The van der Waals surface area contributed by atoms with Crippen LogP contribution in [0.2, 0.25) is 0 Å². The van der Waals surface area contributed by atoms with E-state index in [1.54, 1.807) is 12.1 Å². The minimum Gasteiger partial charge on any atom is -0.508 e. The Morgan fingerprint density at radius 3 is 1.97 bits per heavy atom. The molecule has 1 aliphatic carbocycles. The summed E-state index contributed by atoms with van der Waals surface area (Å²) in [7, 11) is 0. The first-order valence-corrected chi connectivity index (χ1v) is 12.8. The summed E-state index contributed by atoms with van der Waals surface area (Å²) in [5, 5.41) is 33.5. The maximum atomic E-state index is 10.2. The molecule has 0 unspecified atom stereocenters. The summed E-state index contributed by atoms with van der Waals surface area (Å²) in [4.78, 5) is 0. The lowest BCUT2D eigenvalue weighted by molar-refractivity contribution is 0.463. The number of phenolic OH excluding ortho intramolecular Hbond substituents is 2. The fourth-order valence-electron chi connectivity index (χ4n) is 4.24. The van der Waals surface area contributed by atoms with E-state index in [0.29, 0.717) is 11.5 Å². The Morgan fingerprint density at radius 2 is 1.26 bits per heavy atom. The van der Waals surface area contributed by atoms with Crippen molar-refractivity contribution in [3.8, 4) is 11.5 Å². The number of nitrogens with one attached hydrogen (secondary N) is 4. The summed E-state index contributed by atoms with van der Waals surface area (Å²) in [6, 6.07) is 11.2. The molecule has 0 amide bonds. The van der Waals surface area contributed by atoms with Crippen LogP contribution in [0, 0.1) is 0 Å². The van der Waals surface area contributed by atoms with E-state index in [9.17, 15) is 10.2 Å². The van der Waals surface area contributed by atoms with Gasteiger partial charge in [0.2, 0.25) is 0 Å². The third-order valence-corrected chi connectivity index (χ3v) is 6.23. The molecule has 34 heavy (non-hydrogen) atoms. The fraction of sp³-hybridized carbons (Fsp3) is 0.500. The number of rotatable bonds is 17. The highest BCUT2D eigenvalue weighted by molar-refractivity contribution is 5.63. The van der Waals surface area contributed by atoms with Crippen LogP contribution in [0.5, 0.6) is 11.5 Å². The van der Waals surface area contributed by atoms with Gasteiger partial charge in [-0.15, -0.1) is 0 Å². The van der Waals surface area contributed by atoms with Crippen LogP contribution in [0.15, 0.2) is 42.5 Å². The molecule has 0 spiro atoms. The second-order valence-electron chi connectivity index (χ2n) is 9.01. The minimum atomic E-state index is 0.316. The number of benzene rings is 2. The summed E-state index contributed by atoms with van der Waals surface area (Å²) < 4.78 is 0. The number of allylic oxidation sites excluding steroid dienone is 1. The molecule has 1 aliphatic rings. The van der Waals surface area contributed by atoms with Crippen molar-refractivity contribution in [1.29, 1.82) is 0 Å². The average molecular weight is 467 g/mol. The SMILES string of the molecule is Oc1ccc(CNCCCNCCCCNCCCNCc2c(O)ccc3c2C=CCC3)cc1. The van der Waals surface area contributed by atoms with E-state index in [0.717, 1.165) is 83.6 Å². The highest BCUT2D eigenvalue weighted by Gasteiger charge is 2.12. The average Bonchev–Trinajstić information content (AvgIpc) is 2.86. The van der Waals surface area contributed by atoms with Gasteiger partial charge in [0.05, 0.1) is 0 Å². The van der Waals surface area contributed by atoms with Crippen LogP contribution < -0.4 is 21.3 Å².